The molecule has 0 aliphatic rings. The second kappa shape index (κ2) is 8.08. The second-order valence-electron chi connectivity index (χ2n) is 7.06. The van der Waals surface area contributed by atoms with Crippen molar-refractivity contribution in [2.24, 2.45) is 5.92 Å². The molecule has 1 N–H and O–H groups in total. The fourth-order valence-corrected chi connectivity index (χ4v) is 3.17. The zero-order valence-electron chi connectivity index (χ0n) is 15.9. The number of aryl methyl sites for hydroxylation is 1. The van der Waals surface area contributed by atoms with Crippen molar-refractivity contribution in [1.29, 1.82) is 0 Å². The van der Waals surface area contributed by atoms with E-state index in [1.165, 1.54) is 6.07 Å². The number of pyridine rings is 1. The van der Waals surface area contributed by atoms with E-state index in [9.17, 15) is 9.59 Å². The highest BCUT2D eigenvalue weighted by Gasteiger charge is 2.21. The van der Waals surface area contributed by atoms with E-state index >= 15 is 0 Å². The summed E-state index contributed by atoms with van der Waals surface area (Å²) in [7, 11) is 0. The maximum absolute atomic E-state index is 13.0. The van der Waals surface area contributed by atoms with Crippen LogP contribution in [0.5, 0.6) is 0 Å². The van der Waals surface area contributed by atoms with Crippen molar-refractivity contribution in [2.45, 2.75) is 33.7 Å². The number of nitrogens with zero attached hydrogens (tertiary/aromatic N) is 1. The number of aromatic nitrogens is 1. The molecule has 0 spiro atoms. The minimum Gasteiger partial charge on any atom is -0.467 e. The lowest BCUT2D eigenvalue weighted by molar-refractivity contribution is 0.102. The number of carbonyl (C=O) groups excluding carboxylic acids is 1. The zero-order valence-corrected chi connectivity index (χ0v) is 15.9. The van der Waals surface area contributed by atoms with Gasteiger partial charge in [0.15, 0.2) is 5.43 Å². The topological polar surface area (TPSA) is 64.2 Å². The van der Waals surface area contributed by atoms with Crippen LogP contribution >= 0.6 is 0 Å². The van der Waals surface area contributed by atoms with E-state index in [2.05, 4.69) is 19.2 Å². The Labute approximate surface area is 158 Å². The Morgan fingerprint density at radius 3 is 2.52 bits per heavy atom. The molecule has 140 valence electrons. The standard InChI is InChI=1S/C22H24N2O3/c1-15(2)12-19-21(22(26)23-17-8-5-4-6-9-17)20(25)13-16(3)24(19)14-18-10-7-11-27-18/h4-11,13,15H,12,14H2,1-3H3,(H,23,26). The molecule has 0 saturated carbocycles. The fraction of sp³-hybridized carbons (Fsp3) is 0.273. The molecule has 0 unspecified atom stereocenters. The van der Waals surface area contributed by atoms with Crippen molar-refractivity contribution in [3.8, 4) is 0 Å². The number of rotatable bonds is 6. The Hall–Kier alpha value is -3.08. The Kier molecular flexibility index (Phi) is 5.60. The smallest absolute Gasteiger partial charge is 0.261 e. The molecular weight excluding hydrogens is 340 g/mol. The third-order valence-electron chi connectivity index (χ3n) is 4.38. The van der Waals surface area contributed by atoms with Crippen LogP contribution in [0.3, 0.4) is 0 Å². The quantitative estimate of drug-likeness (QED) is 0.711. The number of furan rings is 1. The van der Waals surface area contributed by atoms with Crippen molar-refractivity contribution in [2.75, 3.05) is 5.32 Å². The predicted molar refractivity (Wildman–Crippen MR) is 106 cm³/mol. The highest BCUT2D eigenvalue weighted by molar-refractivity contribution is 6.05. The maximum Gasteiger partial charge on any atom is 0.261 e. The Balaban J connectivity index is 2.08. The van der Waals surface area contributed by atoms with Crippen LogP contribution < -0.4 is 10.7 Å². The van der Waals surface area contributed by atoms with Gasteiger partial charge in [0.25, 0.3) is 5.91 Å². The van der Waals surface area contributed by atoms with Gasteiger partial charge in [-0.2, -0.15) is 0 Å². The lowest BCUT2D eigenvalue weighted by Crippen LogP contribution is -2.29. The molecule has 0 radical (unpaired) electrons. The summed E-state index contributed by atoms with van der Waals surface area (Å²) in [6, 6.07) is 14.4. The molecular formula is C22H24N2O3. The highest BCUT2D eigenvalue weighted by Crippen LogP contribution is 2.18. The molecule has 1 amide bonds. The lowest BCUT2D eigenvalue weighted by Gasteiger charge is -2.20. The van der Waals surface area contributed by atoms with Crippen LogP contribution in [0.1, 0.15) is 41.4 Å². The third-order valence-corrected chi connectivity index (χ3v) is 4.38. The average molecular weight is 364 g/mol. The van der Waals surface area contributed by atoms with E-state index in [0.717, 1.165) is 17.1 Å². The van der Waals surface area contributed by atoms with Crippen LogP contribution in [-0.2, 0) is 13.0 Å². The van der Waals surface area contributed by atoms with Crippen molar-refractivity contribution in [3.63, 3.8) is 0 Å². The summed E-state index contributed by atoms with van der Waals surface area (Å²) >= 11 is 0. The van der Waals surface area contributed by atoms with Crippen molar-refractivity contribution < 1.29 is 9.21 Å². The van der Waals surface area contributed by atoms with Gasteiger partial charge in [0, 0.05) is 23.1 Å². The van der Waals surface area contributed by atoms with Crippen LogP contribution in [-0.4, -0.2) is 10.5 Å². The molecule has 5 nitrogen and oxygen atoms in total. The van der Waals surface area contributed by atoms with E-state index in [0.29, 0.717) is 18.7 Å². The summed E-state index contributed by atoms with van der Waals surface area (Å²) in [6.07, 6.45) is 2.24. The number of anilines is 1. The molecule has 3 aromatic rings. The third kappa shape index (κ3) is 4.37. The summed E-state index contributed by atoms with van der Waals surface area (Å²) < 4.78 is 7.48. The molecule has 0 saturated heterocycles. The minimum atomic E-state index is -0.380. The summed E-state index contributed by atoms with van der Waals surface area (Å²) in [6.45, 7) is 6.51. The van der Waals surface area contributed by atoms with Gasteiger partial charge >= 0.3 is 0 Å². The lowest BCUT2D eigenvalue weighted by atomic mass is 10.0. The van der Waals surface area contributed by atoms with Gasteiger partial charge in [-0.1, -0.05) is 32.0 Å². The minimum absolute atomic E-state index is 0.199. The number of hydrogen-bond donors (Lipinski definition) is 1. The molecule has 0 bridgehead atoms. The summed E-state index contributed by atoms with van der Waals surface area (Å²) in [5, 5.41) is 2.84. The van der Waals surface area contributed by atoms with E-state index in [4.69, 9.17) is 4.42 Å². The van der Waals surface area contributed by atoms with Crippen LogP contribution in [0.2, 0.25) is 0 Å². The first-order valence-corrected chi connectivity index (χ1v) is 9.07. The van der Waals surface area contributed by atoms with Crippen molar-refractivity contribution >= 4 is 11.6 Å². The molecule has 0 aliphatic carbocycles. The Morgan fingerprint density at radius 2 is 1.89 bits per heavy atom. The Bertz CT molecular complexity index is 971. The predicted octanol–water partition coefficient (Wildman–Crippen LogP) is 4.25. The van der Waals surface area contributed by atoms with Gasteiger partial charge < -0.3 is 14.3 Å². The number of amides is 1. The molecule has 1 aromatic carbocycles. The number of benzene rings is 1. The number of nitrogens with one attached hydrogen (secondary N) is 1. The zero-order chi connectivity index (χ0) is 19.4. The summed E-state index contributed by atoms with van der Waals surface area (Å²) in [5.74, 6) is 0.688. The Morgan fingerprint density at radius 1 is 1.15 bits per heavy atom. The first-order chi connectivity index (χ1) is 13.0. The van der Waals surface area contributed by atoms with Crippen molar-refractivity contribution in [3.05, 3.63) is 87.7 Å². The average Bonchev–Trinajstić information content (AvgIpc) is 3.11. The largest absolute Gasteiger partial charge is 0.467 e. The molecule has 2 aromatic heterocycles. The summed E-state index contributed by atoms with van der Waals surface area (Å²) in [4.78, 5) is 25.7. The molecule has 27 heavy (non-hydrogen) atoms. The molecule has 0 aliphatic heterocycles. The van der Waals surface area contributed by atoms with Crippen LogP contribution in [0.25, 0.3) is 0 Å². The highest BCUT2D eigenvalue weighted by atomic mass is 16.3. The molecule has 0 fully saturated rings. The molecule has 3 rings (SSSR count). The normalized spacial score (nSPS) is 11.0. The first-order valence-electron chi connectivity index (χ1n) is 9.07. The molecule has 5 heteroatoms. The van der Waals surface area contributed by atoms with E-state index in [1.54, 1.807) is 18.4 Å². The number of hydrogen-bond acceptors (Lipinski definition) is 3. The van der Waals surface area contributed by atoms with Gasteiger partial charge in [0.1, 0.15) is 11.3 Å². The monoisotopic (exact) mass is 364 g/mol. The SMILES string of the molecule is Cc1cc(=O)c(C(=O)Nc2ccccc2)c(CC(C)C)n1Cc1ccco1. The van der Waals surface area contributed by atoms with E-state index in [-0.39, 0.29) is 22.8 Å². The maximum atomic E-state index is 13.0. The fourth-order valence-electron chi connectivity index (χ4n) is 3.17. The first kappa shape index (κ1) is 18.7. The second-order valence-corrected chi connectivity index (χ2v) is 7.06. The number of carbonyl (C=O) groups is 1. The van der Waals surface area contributed by atoms with Gasteiger partial charge in [-0.05, 0) is 43.5 Å². The van der Waals surface area contributed by atoms with Crippen LogP contribution in [0, 0.1) is 12.8 Å². The molecule has 2 heterocycles. The van der Waals surface area contributed by atoms with Gasteiger partial charge in [-0.25, -0.2) is 0 Å². The van der Waals surface area contributed by atoms with Gasteiger partial charge in [-0.3, -0.25) is 9.59 Å². The van der Waals surface area contributed by atoms with Gasteiger partial charge in [-0.15, -0.1) is 0 Å². The molecule has 0 atom stereocenters. The number of para-hydroxylation sites is 1. The summed E-state index contributed by atoms with van der Waals surface area (Å²) in [5.41, 5.74) is 2.15. The van der Waals surface area contributed by atoms with E-state index < -0.39 is 0 Å². The van der Waals surface area contributed by atoms with Crippen LogP contribution in [0.4, 0.5) is 5.69 Å². The van der Waals surface area contributed by atoms with Gasteiger partial charge in [0.2, 0.25) is 0 Å². The van der Waals surface area contributed by atoms with Crippen molar-refractivity contribution in [1.82, 2.24) is 4.57 Å². The van der Waals surface area contributed by atoms with Crippen LogP contribution in [0.15, 0.2) is 64.0 Å². The van der Waals surface area contributed by atoms with Gasteiger partial charge in [0.05, 0.1) is 12.8 Å². The van der Waals surface area contributed by atoms with E-state index in [1.807, 2.05) is 41.8 Å².